The maximum Gasteiger partial charge on any atom is 0.184 e. The van der Waals surface area contributed by atoms with Gasteiger partial charge in [-0.3, -0.25) is 0 Å². The largest absolute Gasteiger partial charge is 0.411 e. The zero-order valence-corrected chi connectivity index (χ0v) is 18.9. The van der Waals surface area contributed by atoms with Crippen LogP contribution in [0.2, 0.25) is 19.6 Å². The van der Waals surface area contributed by atoms with Gasteiger partial charge in [-0.2, -0.15) is 0 Å². The molecule has 1 atom stereocenters. The summed E-state index contributed by atoms with van der Waals surface area (Å²) in [4.78, 5) is 0. The van der Waals surface area contributed by atoms with Gasteiger partial charge in [0.1, 0.15) is 0 Å². The van der Waals surface area contributed by atoms with E-state index < -0.39 is 8.32 Å². The van der Waals surface area contributed by atoms with Crippen molar-refractivity contribution in [3.05, 3.63) is 48.0 Å². The fourth-order valence-corrected chi connectivity index (χ4v) is 4.50. The minimum Gasteiger partial charge on any atom is -0.411 e. The van der Waals surface area contributed by atoms with Gasteiger partial charge in [-0.05, 0) is 50.9 Å². The number of hydrogen-bond donors (Lipinski definition) is 0. The summed E-state index contributed by atoms with van der Waals surface area (Å²) in [6.45, 7) is 13.5. The molecule has 0 saturated heterocycles. The van der Waals surface area contributed by atoms with Crippen LogP contribution < -0.4 is 0 Å². The summed E-state index contributed by atoms with van der Waals surface area (Å²) in [5.74, 6) is 0. The van der Waals surface area contributed by atoms with Gasteiger partial charge in [0.2, 0.25) is 0 Å². The molecular formula is C24H42OSi. The Hall–Kier alpha value is -0.863. The number of aryl methyl sites for hydroxylation is 1. The van der Waals surface area contributed by atoms with Crippen molar-refractivity contribution in [1.82, 2.24) is 0 Å². The van der Waals surface area contributed by atoms with Gasteiger partial charge in [-0.1, -0.05) is 94.4 Å². The van der Waals surface area contributed by atoms with Gasteiger partial charge in [0.15, 0.2) is 8.32 Å². The first-order chi connectivity index (χ1) is 12.4. The third kappa shape index (κ3) is 11.7. The summed E-state index contributed by atoms with van der Waals surface area (Å²) in [6.07, 6.45) is 14.4. The minimum atomic E-state index is -1.56. The molecule has 148 valence electrons. The van der Waals surface area contributed by atoms with Crippen molar-refractivity contribution >= 4 is 8.32 Å². The summed E-state index contributed by atoms with van der Waals surface area (Å²) in [5, 5.41) is 0. The van der Waals surface area contributed by atoms with Crippen LogP contribution in [0.5, 0.6) is 0 Å². The number of benzene rings is 1. The van der Waals surface area contributed by atoms with Crippen LogP contribution >= 0.6 is 0 Å². The molecule has 26 heavy (non-hydrogen) atoms. The zero-order chi connectivity index (χ0) is 19.3. The molecule has 0 fully saturated rings. The number of rotatable bonds is 15. The summed E-state index contributed by atoms with van der Waals surface area (Å²) in [5.41, 5.74) is 2.71. The van der Waals surface area contributed by atoms with E-state index in [4.69, 9.17) is 4.43 Å². The average molecular weight is 375 g/mol. The fraction of sp³-hybridized carbons (Fsp3) is 0.667. The molecule has 2 heteroatoms. The molecule has 1 unspecified atom stereocenters. The Kier molecular flexibility index (Phi) is 11.9. The van der Waals surface area contributed by atoms with Gasteiger partial charge in [0, 0.05) is 0 Å². The van der Waals surface area contributed by atoms with E-state index in [9.17, 15) is 0 Å². The molecule has 0 aliphatic carbocycles. The predicted octanol–water partition coefficient (Wildman–Crippen LogP) is 7.93. The second kappa shape index (κ2) is 13.3. The van der Waals surface area contributed by atoms with Crippen LogP contribution in [0.4, 0.5) is 0 Å². The van der Waals surface area contributed by atoms with Gasteiger partial charge in [0.25, 0.3) is 0 Å². The fourth-order valence-electron chi connectivity index (χ4n) is 3.36. The van der Waals surface area contributed by atoms with E-state index in [0.717, 1.165) is 19.3 Å². The van der Waals surface area contributed by atoms with Gasteiger partial charge in [-0.15, -0.1) is 0 Å². The van der Waals surface area contributed by atoms with Crippen LogP contribution in [-0.4, -0.2) is 14.4 Å². The van der Waals surface area contributed by atoms with Crippen LogP contribution in [0.1, 0.15) is 76.7 Å². The average Bonchev–Trinajstić information content (AvgIpc) is 2.60. The molecule has 0 amide bonds. The third-order valence-electron chi connectivity index (χ3n) is 4.84. The first-order valence-electron chi connectivity index (χ1n) is 10.8. The minimum absolute atomic E-state index is 0.228. The van der Waals surface area contributed by atoms with Crippen LogP contribution in [0.25, 0.3) is 0 Å². The van der Waals surface area contributed by atoms with Crippen molar-refractivity contribution in [2.75, 3.05) is 0 Å². The van der Waals surface area contributed by atoms with Crippen molar-refractivity contribution in [2.45, 2.75) is 103 Å². The lowest BCUT2D eigenvalue weighted by atomic mass is 9.98. The quantitative estimate of drug-likeness (QED) is 0.172. The van der Waals surface area contributed by atoms with Crippen LogP contribution in [-0.2, 0) is 10.8 Å². The molecule has 0 N–H and O–H groups in total. The Morgan fingerprint density at radius 3 is 2.08 bits per heavy atom. The van der Waals surface area contributed by atoms with Crippen molar-refractivity contribution in [3.8, 4) is 0 Å². The summed E-state index contributed by atoms with van der Waals surface area (Å²) in [7, 11) is -1.56. The van der Waals surface area contributed by atoms with Crippen molar-refractivity contribution in [3.63, 3.8) is 0 Å². The second-order valence-electron chi connectivity index (χ2n) is 8.63. The topological polar surface area (TPSA) is 9.23 Å². The van der Waals surface area contributed by atoms with Crippen LogP contribution in [0.3, 0.4) is 0 Å². The Bertz CT molecular complexity index is 475. The molecule has 1 aromatic carbocycles. The molecule has 0 heterocycles. The Morgan fingerprint density at radius 2 is 1.50 bits per heavy atom. The smallest absolute Gasteiger partial charge is 0.184 e. The molecule has 0 radical (unpaired) electrons. The first kappa shape index (κ1) is 23.2. The second-order valence-corrected chi connectivity index (χ2v) is 13.1. The summed E-state index contributed by atoms with van der Waals surface area (Å²) < 4.78 is 6.48. The maximum absolute atomic E-state index is 6.48. The van der Waals surface area contributed by atoms with Crippen LogP contribution in [0.15, 0.2) is 42.5 Å². The zero-order valence-electron chi connectivity index (χ0n) is 17.9. The molecule has 1 aromatic rings. The third-order valence-corrected chi connectivity index (χ3v) is 5.83. The van der Waals surface area contributed by atoms with Gasteiger partial charge in [0.05, 0.1) is 6.10 Å². The Morgan fingerprint density at radius 1 is 0.923 bits per heavy atom. The Labute approximate surface area is 164 Å². The molecule has 0 saturated carbocycles. The first-order valence-corrected chi connectivity index (χ1v) is 14.2. The molecular weight excluding hydrogens is 332 g/mol. The summed E-state index contributed by atoms with van der Waals surface area (Å²) >= 11 is 0. The number of unbranched alkanes of at least 4 members (excludes halogenated alkanes) is 7. The standard InChI is InChI=1S/C24H42OSi/c1-6-7-8-9-10-11-12-14-17-22(2)24(25-26(3,4)5)21-20-23-18-15-13-16-19-23/h13,15-16,18-19,24H,2,6-12,14,17,20-21H2,1,3-5H3. The van der Waals surface area contributed by atoms with Gasteiger partial charge < -0.3 is 4.43 Å². The lowest BCUT2D eigenvalue weighted by molar-refractivity contribution is 0.215. The molecule has 1 rings (SSSR count). The van der Waals surface area contributed by atoms with E-state index in [2.05, 4.69) is 63.5 Å². The van der Waals surface area contributed by atoms with Gasteiger partial charge in [-0.25, -0.2) is 0 Å². The SMILES string of the molecule is C=C(CCCCCCCCCC)C(CCc1ccccc1)O[Si](C)(C)C. The highest BCUT2D eigenvalue weighted by Crippen LogP contribution is 2.23. The van der Waals surface area contributed by atoms with Crippen LogP contribution in [0, 0.1) is 0 Å². The van der Waals surface area contributed by atoms with Gasteiger partial charge >= 0.3 is 0 Å². The summed E-state index contributed by atoms with van der Waals surface area (Å²) in [6, 6.07) is 10.8. The highest BCUT2D eigenvalue weighted by molar-refractivity contribution is 6.69. The highest BCUT2D eigenvalue weighted by atomic mass is 28.4. The van der Waals surface area contributed by atoms with Crippen molar-refractivity contribution in [2.24, 2.45) is 0 Å². The lowest BCUT2D eigenvalue weighted by Gasteiger charge is -2.28. The molecule has 0 bridgehead atoms. The van der Waals surface area contributed by atoms with Crippen molar-refractivity contribution in [1.29, 1.82) is 0 Å². The monoisotopic (exact) mass is 374 g/mol. The van der Waals surface area contributed by atoms with E-state index in [1.165, 1.54) is 62.5 Å². The molecule has 0 aromatic heterocycles. The molecule has 1 nitrogen and oxygen atoms in total. The van der Waals surface area contributed by atoms with E-state index in [1.54, 1.807) is 0 Å². The Balaban J connectivity index is 2.34. The maximum atomic E-state index is 6.48. The molecule has 0 aliphatic heterocycles. The normalized spacial score (nSPS) is 12.9. The van der Waals surface area contributed by atoms with E-state index in [0.29, 0.717) is 0 Å². The van der Waals surface area contributed by atoms with E-state index in [1.807, 2.05) is 0 Å². The highest BCUT2D eigenvalue weighted by Gasteiger charge is 2.22. The number of hydrogen-bond acceptors (Lipinski definition) is 1. The van der Waals surface area contributed by atoms with E-state index >= 15 is 0 Å². The predicted molar refractivity (Wildman–Crippen MR) is 119 cm³/mol. The molecule has 0 spiro atoms. The van der Waals surface area contributed by atoms with Crippen molar-refractivity contribution < 1.29 is 4.43 Å². The molecule has 0 aliphatic rings. The van der Waals surface area contributed by atoms with E-state index in [-0.39, 0.29) is 6.10 Å². The lowest BCUT2D eigenvalue weighted by Crippen LogP contribution is -2.33.